The maximum absolute atomic E-state index is 9.31. The van der Waals surface area contributed by atoms with Gasteiger partial charge in [0.25, 0.3) is 0 Å². The number of nitrogen functional groups attached to an aromatic ring is 1. The zero-order valence-electron chi connectivity index (χ0n) is 9.14. The fourth-order valence-electron chi connectivity index (χ4n) is 1.76. The third-order valence-electron chi connectivity index (χ3n) is 2.58. The highest BCUT2D eigenvalue weighted by Crippen LogP contribution is 2.26. The highest BCUT2D eigenvalue weighted by molar-refractivity contribution is 5.71. The molecule has 3 heteroatoms. The Balaban J connectivity index is 2.60. The van der Waals surface area contributed by atoms with Gasteiger partial charge in [0.2, 0.25) is 0 Å². The van der Waals surface area contributed by atoms with Crippen LogP contribution < -0.4 is 5.73 Å². The topological polar surface area (TPSA) is 59.1 Å². The molecule has 0 fully saturated rings. The Morgan fingerprint density at radius 2 is 2.12 bits per heavy atom. The summed E-state index contributed by atoms with van der Waals surface area (Å²) in [6, 6.07) is 9.96. The number of aryl methyl sites for hydroxylation is 1. The van der Waals surface area contributed by atoms with Crippen LogP contribution in [0.5, 0.6) is 0 Å². The van der Waals surface area contributed by atoms with Crippen LogP contribution in [0.25, 0.3) is 11.1 Å². The Morgan fingerprint density at radius 1 is 1.31 bits per heavy atom. The maximum atomic E-state index is 9.31. The van der Waals surface area contributed by atoms with E-state index in [1.54, 1.807) is 6.20 Å². The fraction of sp³-hybridized carbons (Fsp3) is 0.154. The molecule has 0 saturated heterocycles. The van der Waals surface area contributed by atoms with E-state index in [2.05, 4.69) is 11.1 Å². The van der Waals surface area contributed by atoms with Crippen LogP contribution in [0.2, 0.25) is 0 Å². The Labute approximate surface area is 94.6 Å². The molecule has 0 aliphatic heterocycles. The summed E-state index contributed by atoms with van der Waals surface area (Å²) < 4.78 is 0. The molecule has 0 saturated carbocycles. The molecule has 0 spiro atoms. The molecule has 2 rings (SSSR count). The number of aliphatic hydroxyl groups is 1. The summed E-state index contributed by atoms with van der Waals surface area (Å²) in [6.45, 7) is 1.94. The van der Waals surface area contributed by atoms with Gasteiger partial charge in [0.05, 0.1) is 6.61 Å². The van der Waals surface area contributed by atoms with Gasteiger partial charge in [-0.1, -0.05) is 29.8 Å². The molecule has 2 aromatic rings. The molecule has 0 radical (unpaired) electrons. The van der Waals surface area contributed by atoms with E-state index in [4.69, 9.17) is 5.73 Å². The van der Waals surface area contributed by atoms with Crippen molar-refractivity contribution in [2.75, 3.05) is 5.73 Å². The lowest BCUT2D eigenvalue weighted by molar-refractivity contribution is 0.282. The molecule has 0 aliphatic carbocycles. The minimum Gasteiger partial charge on any atom is -0.392 e. The molecule has 16 heavy (non-hydrogen) atoms. The van der Waals surface area contributed by atoms with Crippen molar-refractivity contribution in [3.05, 3.63) is 47.7 Å². The van der Waals surface area contributed by atoms with Crippen LogP contribution in [0.1, 0.15) is 11.1 Å². The van der Waals surface area contributed by atoms with Gasteiger partial charge in [0.15, 0.2) is 0 Å². The number of aromatic nitrogens is 1. The molecule has 3 N–H and O–H groups in total. The number of rotatable bonds is 2. The Hall–Kier alpha value is -1.87. The molecule has 1 aromatic carbocycles. The van der Waals surface area contributed by atoms with E-state index >= 15 is 0 Å². The largest absolute Gasteiger partial charge is 0.392 e. The maximum Gasteiger partial charge on any atom is 0.129 e. The van der Waals surface area contributed by atoms with Gasteiger partial charge in [-0.3, -0.25) is 0 Å². The number of aliphatic hydroxyl groups excluding tert-OH is 1. The van der Waals surface area contributed by atoms with Crippen LogP contribution in [0, 0.1) is 6.92 Å². The Morgan fingerprint density at radius 3 is 2.81 bits per heavy atom. The van der Waals surface area contributed by atoms with Gasteiger partial charge in [0, 0.05) is 11.8 Å². The molecule has 0 aliphatic rings. The quantitative estimate of drug-likeness (QED) is 0.805. The van der Waals surface area contributed by atoms with Crippen molar-refractivity contribution in [2.45, 2.75) is 13.5 Å². The van der Waals surface area contributed by atoms with Crippen molar-refractivity contribution in [2.24, 2.45) is 0 Å². The predicted molar refractivity (Wildman–Crippen MR) is 64.7 cm³/mol. The monoisotopic (exact) mass is 214 g/mol. The predicted octanol–water partition coefficient (Wildman–Crippen LogP) is 2.13. The van der Waals surface area contributed by atoms with E-state index in [-0.39, 0.29) is 6.61 Å². The van der Waals surface area contributed by atoms with Gasteiger partial charge in [-0.05, 0) is 24.1 Å². The Kier molecular flexibility index (Phi) is 2.88. The highest BCUT2D eigenvalue weighted by atomic mass is 16.3. The van der Waals surface area contributed by atoms with E-state index in [1.807, 2.05) is 31.2 Å². The summed E-state index contributed by atoms with van der Waals surface area (Å²) in [5.41, 5.74) is 9.60. The van der Waals surface area contributed by atoms with Crippen molar-refractivity contribution in [1.82, 2.24) is 4.98 Å². The normalized spacial score (nSPS) is 10.4. The highest BCUT2D eigenvalue weighted by Gasteiger charge is 2.08. The molecular formula is C13H14N2O. The number of pyridine rings is 1. The van der Waals surface area contributed by atoms with Crippen LogP contribution in [-0.4, -0.2) is 10.1 Å². The summed E-state index contributed by atoms with van der Waals surface area (Å²) in [7, 11) is 0. The number of nitrogens with zero attached hydrogens (tertiary/aromatic N) is 1. The number of benzene rings is 1. The third kappa shape index (κ3) is 1.90. The number of hydrogen-bond donors (Lipinski definition) is 2. The molecule has 0 amide bonds. The second-order valence-corrected chi connectivity index (χ2v) is 3.75. The lowest BCUT2D eigenvalue weighted by Crippen LogP contribution is -1.99. The first-order valence-corrected chi connectivity index (χ1v) is 5.13. The van der Waals surface area contributed by atoms with E-state index in [0.717, 1.165) is 11.1 Å². The number of nitrogens with two attached hydrogens (primary N) is 1. The van der Waals surface area contributed by atoms with E-state index in [1.165, 1.54) is 5.56 Å². The Bertz CT molecular complexity index is 509. The lowest BCUT2D eigenvalue weighted by atomic mass is 10.00. The number of hydrogen-bond acceptors (Lipinski definition) is 3. The minimum absolute atomic E-state index is 0.0943. The molecule has 3 nitrogen and oxygen atoms in total. The molecule has 0 bridgehead atoms. The van der Waals surface area contributed by atoms with Gasteiger partial charge < -0.3 is 10.8 Å². The van der Waals surface area contributed by atoms with E-state index < -0.39 is 0 Å². The summed E-state index contributed by atoms with van der Waals surface area (Å²) in [5.74, 6) is 0.390. The second kappa shape index (κ2) is 4.33. The summed E-state index contributed by atoms with van der Waals surface area (Å²) in [5, 5.41) is 9.31. The summed E-state index contributed by atoms with van der Waals surface area (Å²) in [6.07, 6.45) is 1.66. The first kappa shape index (κ1) is 10.6. The van der Waals surface area contributed by atoms with Gasteiger partial charge in [-0.25, -0.2) is 4.98 Å². The molecule has 0 atom stereocenters. The lowest BCUT2D eigenvalue weighted by Gasteiger charge is -2.09. The van der Waals surface area contributed by atoms with Crippen molar-refractivity contribution in [1.29, 1.82) is 0 Å². The van der Waals surface area contributed by atoms with Gasteiger partial charge in [-0.2, -0.15) is 0 Å². The summed E-state index contributed by atoms with van der Waals surface area (Å²) >= 11 is 0. The zero-order valence-corrected chi connectivity index (χ0v) is 9.14. The molecule has 0 unspecified atom stereocenters. The standard InChI is InChI=1S/C13H14N2O/c1-9-3-2-4-10(7-9)11-5-6-15-13(14)12(11)8-16/h2-7,16H,8H2,1H3,(H2,14,15). The molecule has 1 heterocycles. The molecule has 82 valence electrons. The SMILES string of the molecule is Cc1cccc(-c2ccnc(N)c2CO)c1. The second-order valence-electron chi connectivity index (χ2n) is 3.75. The number of anilines is 1. The van der Waals surface area contributed by atoms with Crippen LogP contribution in [0.4, 0.5) is 5.82 Å². The first-order chi connectivity index (χ1) is 7.72. The van der Waals surface area contributed by atoms with Crippen LogP contribution in [-0.2, 0) is 6.61 Å². The average Bonchev–Trinajstić information content (AvgIpc) is 2.28. The first-order valence-electron chi connectivity index (χ1n) is 5.13. The zero-order chi connectivity index (χ0) is 11.5. The molecule has 1 aromatic heterocycles. The van der Waals surface area contributed by atoms with E-state index in [0.29, 0.717) is 11.4 Å². The van der Waals surface area contributed by atoms with Gasteiger partial charge >= 0.3 is 0 Å². The van der Waals surface area contributed by atoms with Crippen molar-refractivity contribution in [3.8, 4) is 11.1 Å². The smallest absolute Gasteiger partial charge is 0.129 e. The fourth-order valence-corrected chi connectivity index (χ4v) is 1.76. The van der Waals surface area contributed by atoms with Crippen LogP contribution in [0.15, 0.2) is 36.5 Å². The average molecular weight is 214 g/mol. The molecular weight excluding hydrogens is 200 g/mol. The van der Waals surface area contributed by atoms with Crippen LogP contribution in [0.3, 0.4) is 0 Å². The van der Waals surface area contributed by atoms with Crippen molar-refractivity contribution >= 4 is 5.82 Å². The third-order valence-corrected chi connectivity index (χ3v) is 2.58. The summed E-state index contributed by atoms with van der Waals surface area (Å²) in [4.78, 5) is 3.98. The van der Waals surface area contributed by atoms with Gasteiger partial charge in [-0.15, -0.1) is 0 Å². The van der Waals surface area contributed by atoms with Crippen molar-refractivity contribution < 1.29 is 5.11 Å². The minimum atomic E-state index is -0.0943. The van der Waals surface area contributed by atoms with Crippen molar-refractivity contribution in [3.63, 3.8) is 0 Å². The van der Waals surface area contributed by atoms with E-state index in [9.17, 15) is 5.11 Å². The van der Waals surface area contributed by atoms with Crippen LogP contribution >= 0.6 is 0 Å². The van der Waals surface area contributed by atoms with Gasteiger partial charge in [0.1, 0.15) is 5.82 Å².